The van der Waals surface area contributed by atoms with Crippen molar-refractivity contribution >= 4 is 11.6 Å². The van der Waals surface area contributed by atoms with Crippen molar-refractivity contribution in [1.29, 1.82) is 0 Å². The number of carbonyl (C=O) groups excluding carboxylic acids is 1. The monoisotopic (exact) mass is 325 g/mol. The highest BCUT2D eigenvalue weighted by molar-refractivity contribution is 5.96. The molecule has 1 N–H and O–H groups in total. The van der Waals surface area contributed by atoms with Gasteiger partial charge in [-0.15, -0.1) is 0 Å². The van der Waals surface area contributed by atoms with Crippen LogP contribution < -0.4 is 10.1 Å². The number of nitrogens with one attached hydrogen (secondary N) is 1. The van der Waals surface area contributed by atoms with Gasteiger partial charge in [0.2, 0.25) is 5.91 Å². The zero-order valence-electron chi connectivity index (χ0n) is 13.9. The summed E-state index contributed by atoms with van der Waals surface area (Å²) >= 11 is 0. The molecule has 0 saturated carbocycles. The first-order valence-electron chi connectivity index (χ1n) is 8.49. The maximum Gasteiger partial charge on any atom is 0.241 e. The lowest BCUT2D eigenvalue weighted by Crippen LogP contribution is -2.40. The second-order valence-corrected chi connectivity index (χ2v) is 5.97. The largest absolute Gasteiger partial charge is 0.454 e. The first kappa shape index (κ1) is 16.5. The summed E-state index contributed by atoms with van der Waals surface area (Å²) < 4.78 is 5.86. The van der Waals surface area contributed by atoms with Crippen LogP contribution in [0, 0.1) is 0 Å². The molecule has 1 aromatic heterocycles. The Labute approximate surface area is 142 Å². The van der Waals surface area contributed by atoms with Crippen molar-refractivity contribution in [3.63, 3.8) is 0 Å². The van der Waals surface area contributed by atoms with E-state index in [-0.39, 0.29) is 11.9 Å². The van der Waals surface area contributed by atoms with Crippen molar-refractivity contribution < 1.29 is 9.53 Å². The van der Waals surface area contributed by atoms with Crippen LogP contribution in [-0.4, -0.2) is 34.9 Å². The van der Waals surface area contributed by atoms with Crippen molar-refractivity contribution in [3.8, 4) is 11.5 Å². The molecule has 0 aliphatic carbocycles. The number of ether oxygens (including phenoxy) is 1. The fraction of sp³-hybridized carbons (Fsp3) is 0.368. The van der Waals surface area contributed by atoms with Crippen LogP contribution in [0.1, 0.15) is 26.2 Å². The van der Waals surface area contributed by atoms with Crippen LogP contribution in [0.25, 0.3) is 0 Å². The van der Waals surface area contributed by atoms with E-state index in [1.165, 1.54) is 0 Å². The molecule has 0 radical (unpaired) electrons. The third-order valence-corrected chi connectivity index (χ3v) is 4.18. The number of hydrogen-bond donors (Lipinski definition) is 1. The molecule has 0 bridgehead atoms. The Hall–Kier alpha value is -2.40. The van der Waals surface area contributed by atoms with Crippen molar-refractivity contribution in [3.05, 3.63) is 48.8 Å². The van der Waals surface area contributed by atoms with Crippen LogP contribution >= 0.6 is 0 Å². The first-order chi connectivity index (χ1) is 11.8. The fourth-order valence-corrected chi connectivity index (χ4v) is 3.09. The number of nitrogens with zero attached hydrogens (tertiary/aromatic N) is 2. The van der Waals surface area contributed by atoms with Gasteiger partial charge in [0.15, 0.2) is 5.75 Å². The average molecular weight is 325 g/mol. The molecule has 1 aliphatic heterocycles. The van der Waals surface area contributed by atoms with Gasteiger partial charge < -0.3 is 10.1 Å². The number of pyridine rings is 1. The van der Waals surface area contributed by atoms with Crippen LogP contribution in [0.15, 0.2) is 48.8 Å². The van der Waals surface area contributed by atoms with Gasteiger partial charge in [0, 0.05) is 6.20 Å². The highest BCUT2D eigenvalue weighted by Crippen LogP contribution is 2.29. The molecule has 24 heavy (non-hydrogen) atoms. The molecule has 2 heterocycles. The molecule has 1 fully saturated rings. The van der Waals surface area contributed by atoms with Crippen molar-refractivity contribution in [2.24, 2.45) is 0 Å². The SMILES string of the molecule is CCCN1CCC[C@H]1C(=O)Nc1ccccc1Oc1cccnc1. The number of likely N-dealkylation sites (tertiary alicyclic amines) is 1. The van der Waals surface area contributed by atoms with Gasteiger partial charge in [-0.3, -0.25) is 14.7 Å². The minimum Gasteiger partial charge on any atom is -0.454 e. The highest BCUT2D eigenvalue weighted by atomic mass is 16.5. The van der Waals surface area contributed by atoms with E-state index in [9.17, 15) is 4.79 Å². The summed E-state index contributed by atoms with van der Waals surface area (Å²) in [6, 6.07) is 11.1. The minimum atomic E-state index is -0.0450. The molecule has 0 spiro atoms. The smallest absolute Gasteiger partial charge is 0.241 e. The first-order valence-corrected chi connectivity index (χ1v) is 8.49. The van der Waals surface area contributed by atoms with E-state index < -0.39 is 0 Å². The number of amides is 1. The fourth-order valence-electron chi connectivity index (χ4n) is 3.09. The van der Waals surface area contributed by atoms with E-state index >= 15 is 0 Å². The Balaban J connectivity index is 1.72. The second-order valence-electron chi connectivity index (χ2n) is 5.97. The molecule has 3 rings (SSSR count). The van der Waals surface area contributed by atoms with Crippen LogP contribution in [0.5, 0.6) is 11.5 Å². The van der Waals surface area contributed by atoms with Crippen LogP contribution in [0.3, 0.4) is 0 Å². The summed E-state index contributed by atoms with van der Waals surface area (Å²) in [4.78, 5) is 19.0. The molecular formula is C19H23N3O2. The Morgan fingerprint density at radius 1 is 1.33 bits per heavy atom. The number of rotatable bonds is 6. The molecule has 1 aliphatic rings. The molecule has 5 heteroatoms. The number of aromatic nitrogens is 1. The van der Waals surface area contributed by atoms with E-state index in [0.29, 0.717) is 17.2 Å². The van der Waals surface area contributed by atoms with Gasteiger partial charge in [-0.25, -0.2) is 0 Å². The second kappa shape index (κ2) is 7.93. The van der Waals surface area contributed by atoms with Gasteiger partial charge in [-0.2, -0.15) is 0 Å². The zero-order valence-corrected chi connectivity index (χ0v) is 13.9. The summed E-state index contributed by atoms with van der Waals surface area (Å²) in [6.07, 6.45) is 6.40. The highest BCUT2D eigenvalue weighted by Gasteiger charge is 2.30. The summed E-state index contributed by atoms with van der Waals surface area (Å²) in [5.74, 6) is 1.31. The van der Waals surface area contributed by atoms with E-state index in [4.69, 9.17) is 4.74 Å². The van der Waals surface area contributed by atoms with Gasteiger partial charge >= 0.3 is 0 Å². The standard InChI is InChI=1S/C19H23N3O2/c1-2-12-22-13-6-9-17(22)19(23)21-16-8-3-4-10-18(16)24-15-7-5-11-20-14-15/h3-5,7-8,10-11,14,17H,2,6,9,12-13H2,1H3,(H,21,23)/t17-/m0/s1. The topological polar surface area (TPSA) is 54.5 Å². The van der Waals surface area contributed by atoms with Gasteiger partial charge in [-0.05, 0) is 56.6 Å². The van der Waals surface area contributed by atoms with E-state index in [0.717, 1.165) is 32.4 Å². The average Bonchev–Trinajstić information content (AvgIpc) is 3.06. The van der Waals surface area contributed by atoms with E-state index in [1.807, 2.05) is 36.4 Å². The third kappa shape index (κ3) is 3.92. The van der Waals surface area contributed by atoms with Gasteiger partial charge in [0.1, 0.15) is 5.75 Å². The molecule has 1 amide bonds. The van der Waals surface area contributed by atoms with Crippen molar-refractivity contribution in [2.75, 3.05) is 18.4 Å². The number of para-hydroxylation sites is 2. The Kier molecular flexibility index (Phi) is 5.43. The van der Waals surface area contributed by atoms with Crippen molar-refractivity contribution in [2.45, 2.75) is 32.2 Å². The van der Waals surface area contributed by atoms with Gasteiger partial charge in [-0.1, -0.05) is 19.1 Å². The summed E-state index contributed by atoms with van der Waals surface area (Å²) in [6.45, 7) is 4.11. The molecule has 1 atom stereocenters. The molecule has 5 nitrogen and oxygen atoms in total. The molecular weight excluding hydrogens is 302 g/mol. The molecule has 126 valence electrons. The molecule has 2 aromatic rings. The number of carbonyl (C=O) groups is 1. The quantitative estimate of drug-likeness (QED) is 0.880. The van der Waals surface area contributed by atoms with Crippen molar-refractivity contribution in [1.82, 2.24) is 9.88 Å². The predicted molar refractivity (Wildman–Crippen MR) is 94.3 cm³/mol. The Bertz CT molecular complexity index is 675. The van der Waals surface area contributed by atoms with Gasteiger partial charge in [0.25, 0.3) is 0 Å². The van der Waals surface area contributed by atoms with E-state index in [2.05, 4.69) is 22.1 Å². The van der Waals surface area contributed by atoms with Crippen LogP contribution in [-0.2, 0) is 4.79 Å². The predicted octanol–water partition coefficient (Wildman–Crippen LogP) is 3.69. The summed E-state index contributed by atoms with van der Waals surface area (Å²) in [5.41, 5.74) is 0.690. The molecule has 1 aromatic carbocycles. The Morgan fingerprint density at radius 3 is 3.00 bits per heavy atom. The lowest BCUT2D eigenvalue weighted by atomic mass is 10.2. The third-order valence-electron chi connectivity index (χ3n) is 4.18. The van der Waals surface area contributed by atoms with Crippen LogP contribution in [0.2, 0.25) is 0 Å². The minimum absolute atomic E-state index is 0.0446. The maximum absolute atomic E-state index is 12.7. The summed E-state index contributed by atoms with van der Waals surface area (Å²) in [5, 5.41) is 3.04. The number of anilines is 1. The lowest BCUT2D eigenvalue weighted by Gasteiger charge is -2.23. The summed E-state index contributed by atoms with van der Waals surface area (Å²) in [7, 11) is 0. The van der Waals surface area contributed by atoms with Gasteiger partial charge in [0.05, 0.1) is 17.9 Å². The molecule has 0 unspecified atom stereocenters. The Morgan fingerprint density at radius 2 is 2.21 bits per heavy atom. The lowest BCUT2D eigenvalue weighted by molar-refractivity contribution is -0.120. The zero-order chi connectivity index (χ0) is 16.8. The van der Waals surface area contributed by atoms with Crippen LogP contribution in [0.4, 0.5) is 5.69 Å². The number of benzene rings is 1. The normalized spacial score (nSPS) is 17.6. The molecule has 1 saturated heterocycles. The van der Waals surface area contributed by atoms with E-state index in [1.54, 1.807) is 12.4 Å². The maximum atomic E-state index is 12.7. The number of hydrogen-bond acceptors (Lipinski definition) is 4.